The van der Waals surface area contributed by atoms with Crippen molar-refractivity contribution in [3.05, 3.63) is 52.7 Å². The number of nitrogens with zero attached hydrogens (tertiary/aromatic N) is 1. The summed E-state index contributed by atoms with van der Waals surface area (Å²) in [6, 6.07) is 3.59. The van der Waals surface area contributed by atoms with Crippen LogP contribution < -0.4 is 11.5 Å². The molecule has 7 heteroatoms. The fourth-order valence-electron chi connectivity index (χ4n) is 3.56. The Morgan fingerprint density at radius 2 is 2.00 bits per heavy atom. The maximum absolute atomic E-state index is 14.0. The second kappa shape index (κ2) is 8.99. The van der Waals surface area contributed by atoms with Gasteiger partial charge in [-0.05, 0) is 42.5 Å². The van der Waals surface area contributed by atoms with Gasteiger partial charge < -0.3 is 21.5 Å². The van der Waals surface area contributed by atoms with Crippen LogP contribution in [0.1, 0.15) is 32.3 Å². The van der Waals surface area contributed by atoms with Gasteiger partial charge in [-0.3, -0.25) is 4.79 Å². The zero-order valence-corrected chi connectivity index (χ0v) is 15.7. The predicted molar refractivity (Wildman–Crippen MR) is 101 cm³/mol. The molecule has 1 amide bonds. The molecule has 2 unspecified atom stereocenters. The molecule has 27 heavy (non-hydrogen) atoms. The fraction of sp³-hybridized carbons (Fsp3) is 0.450. The zero-order chi connectivity index (χ0) is 20.1. The lowest BCUT2D eigenvalue weighted by Gasteiger charge is -2.33. The molecule has 0 bridgehead atoms. The van der Waals surface area contributed by atoms with Crippen LogP contribution in [0, 0.1) is 23.5 Å². The Morgan fingerprint density at radius 1 is 1.37 bits per heavy atom. The first-order valence-corrected chi connectivity index (χ1v) is 9.01. The van der Waals surface area contributed by atoms with Gasteiger partial charge >= 0.3 is 0 Å². The highest BCUT2D eigenvalue weighted by atomic mass is 19.1. The molecule has 0 spiro atoms. The molecule has 0 aromatic heterocycles. The Kier molecular flexibility index (Phi) is 6.96. The van der Waals surface area contributed by atoms with Gasteiger partial charge in [0.25, 0.3) is 0 Å². The molecule has 0 heterocycles. The number of hydrogen-bond acceptors (Lipinski definition) is 4. The Hall–Kier alpha value is -2.41. The first kappa shape index (κ1) is 20.9. The number of amides is 1. The van der Waals surface area contributed by atoms with Crippen molar-refractivity contribution in [1.29, 1.82) is 0 Å². The minimum atomic E-state index is -0.728. The number of halogens is 2. The Balaban J connectivity index is 2.35. The van der Waals surface area contributed by atoms with Crippen LogP contribution in [0.3, 0.4) is 0 Å². The molecule has 5 N–H and O–H groups in total. The number of carbonyl (C=O) groups is 1. The summed E-state index contributed by atoms with van der Waals surface area (Å²) < 4.78 is 28.0. The van der Waals surface area contributed by atoms with Crippen molar-refractivity contribution in [3.8, 4) is 0 Å². The average Bonchev–Trinajstić information content (AvgIpc) is 2.58. The van der Waals surface area contributed by atoms with Gasteiger partial charge in [0.15, 0.2) is 0 Å². The first-order chi connectivity index (χ1) is 12.7. The summed E-state index contributed by atoms with van der Waals surface area (Å²) in [5.41, 5.74) is 13.3. The summed E-state index contributed by atoms with van der Waals surface area (Å²) in [6.07, 6.45) is 2.95. The van der Waals surface area contributed by atoms with Crippen LogP contribution in [-0.4, -0.2) is 35.6 Å². The lowest BCUT2D eigenvalue weighted by atomic mass is 9.80. The van der Waals surface area contributed by atoms with Crippen LogP contribution in [0.5, 0.6) is 0 Å². The van der Waals surface area contributed by atoms with Crippen LogP contribution in [0.25, 0.3) is 5.70 Å². The fourth-order valence-corrected chi connectivity index (χ4v) is 3.56. The van der Waals surface area contributed by atoms with E-state index in [1.165, 1.54) is 19.1 Å². The molecule has 148 valence electrons. The van der Waals surface area contributed by atoms with Crippen molar-refractivity contribution < 1.29 is 18.7 Å². The van der Waals surface area contributed by atoms with Gasteiger partial charge in [-0.2, -0.15) is 0 Å². The topological polar surface area (TPSA) is 92.6 Å². The molecule has 2 rings (SSSR count). The van der Waals surface area contributed by atoms with Gasteiger partial charge in [0, 0.05) is 37.3 Å². The third-order valence-electron chi connectivity index (χ3n) is 4.90. The molecule has 1 aromatic rings. The number of carbonyl (C=O) groups excluding carboxylic acids is 1. The van der Waals surface area contributed by atoms with E-state index in [1.807, 2.05) is 0 Å². The number of benzene rings is 1. The summed E-state index contributed by atoms with van der Waals surface area (Å²) in [7, 11) is 0. The molecule has 1 aromatic carbocycles. The molecule has 1 aliphatic rings. The molecule has 0 fully saturated rings. The molecule has 2 atom stereocenters. The third kappa shape index (κ3) is 5.07. The average molecular weight is 379 g/mol. The monoisotopic (exact) mass is 379 g/mol. The largest absolute Gasteiger partial charge is 0.402 e. The third-order valence-corrected chi connectivity index (χ3v) is 4.90. The van der Waals surface area contributed by atoms with Crippen LogP contribution in [0.4, 0.5) is 8.78 Å². The minimum absolute atomic E-state index is 0.0183. The highest BCUT2D eigenvalue weighted by Crippen LogP contribution is 2.34. The highest BCUT2D eigenvalue weighted by molar-refractivity contribution is 5.73. The van der Waals surface area contributed by atoms with E-state index in [4.69, 9.17) is 16.6 Å². The Labute approximate surface area is 158 Å². The predicted octanol–water partition coefficient (Wildman–Crippen LogP) is 2.36. The molecule has 0 radical (unpaired) electrons. The summed E-state index contributed by atoms with van der Waals surface area (Å²) in [6.45, 7) is 4.00. The van der Waals surface area contributed by atoms with Gasteiger partial charge in [0.05, 0.1) is 12.2 Å². The number of aliphatic hydroxyl groups excluding tert-OH is 1. The van der Waals surface area contributed by atoms with Crippen LogP contribution >= 0.6 is 0 Å². The van der Waals surface area contributed by atoms with Gasteiger partial charge in [0.2, 0.25) is 5.91 Å². The van der Waals surface area contributed by atoms with E-state index >= 15 is 0 Å². The number of aliphatic hydroxyl groups is 1. The molecular weight excluding hydrogens is 352 g/mol. The molecule has 0 aliphatic heterocycles. The van der Waals surface area contributed by atoms with E-state index in [0.717, 1.165) is 24.1 Å². The van der Waals surface area contributed by atoms with Crippen molar-refractivity contribution in [1.82, 2.24) is 4.90 Å². The lowest BCUT2D eigenvalue weighted by Crippen LogP contribution is -2.39. The smallest absolute Gasteiger partial charge is 0.219 e. The van der Waals surface area contributed by atoms with Crippen molar-refractivity contribution >= 4 is 11.6 Å². The Bertz CT molecular complexity index is 741. The van der Waals surface area contributed by atoms with E-state index < -0.39 is 11.6 Å². The summed E-state index contributed by atoms with van der Waals surface area (Å²) in [5.74, 6) is -1.42. The SMILES string of the molecule is CC(=O)N(CCO)CC1CC(C)CC(/C=C(\N)c2c(F)cccc2F)=C1N. The number of rotatable bonds is 6. The summed E-state index contributed by atoms with van der Waals surface area (Å²) >= 11 is 0. The van der Waals surface area contributed by atoms with E-state index in [1.54, 1.807) is 4.90 Å². The van der Waals surface area contributed by atoms with Crippen molar-refractivity contribution in [2.45, 2.75) is 26.7 Å². The van der Waals surface area contributed by atoms with Gasteiger partial charge in [-0.25, -0.2) is 8.78 Å². The summed E-state index contributed by atoms with van der Waals surface area (Å²) in [4.78, 5) is 13.3. The molecule has 5 nitrogen and oxygen atoms in total. The van der Waals surface area contributed by atoms with Crippen LogP contribution in [0.2, 0.25) is 0 Å². The van der Waals surface area contributed by atoms with Crippen LogP contribution in [-0.2, 0) is 4.79 Å². The maximum atomic E-state index is 14.0. The highest BCUT2D eigenvalue weighted by Gasteiger charge is 2.27. The van der Waals surface area contributed by atoms with Crippen molar-refractivity contribution in [3.63, 3.8) is 0 Å². The molecule has 0 saturated carbocycles. The van der Waals surface area contributed by atoms with E-state index in [0.29, 0.717) is 18.7 Å². The van der Waals surface area contributed by atoms with Crippen molar-refractivity contribution in [2.75, 3.05) is 19.7 Å². The maximum Gasteiger partial charge on any atom is 0.219 e. The van der Waals surface area contributed by atoms with E-state index in [9.17, 15) is 13.6 Å². The number of allylic oxidation sites excluding steroid dienone is 2. The van der Waals surface area contributed by atoms with Crippen molar-refractivity contribution in [2.24, 2.45) is 23.3 Å². The first-order valence-electron chi connectivity index (χ1n) is 9.01. The lowest BCUT2D eigenvalue weighted by molar-refractivity contribution is -0.129. The second-order valence-corrected chi connectivity index (χ2v) is 7.11. The van der Waals surface area contributed by atoms with Gasteiger partial charge in [-0.1, -0.05) is 13.0 Å². The molecule has 0 saturated heterocycles. The van der Waals surface area contributed by atoms with E-state index in [-0.39, 0.29) is 42.2 Å². The van der Waals surface area contributed by atoms with Gasteiger partial charge in [0.1, 0.15) is 11.6 Å². The summed E-state index contributed by atoms with van der Waals surface area (Å²) in [5, 5.41) is 9.15. The molecular formula is C20H27F2N3O2. The van der Waals surface area contributed by atoms with E-state index in [2.05, 4.69) is 6.92 Å². The zero-order valence-electron chi connectivity index (χ0n) is 15.7. The van der Waals surface area contributed by atoms with Crippen LogP contribution in [0.15, 0.2) is 35.5 Å². The quantitative estimate of drug-likeness (QED) is 0.707. The standard InChI is InChI=1S/C20H27F2N3O2/c1-12-8-14(10-18(23)19-16(21)4-3-5-17(19)22)20(24)15(9-12)11-25(6-7-26)13(2)27/h3-5,10,12,15,26H,6-9,11,23-24H2,1-2H3/b18-10-. The minimum Gasteiger partial charge on any atom is -0.402 e. The Morgan fingerprint density at radius 3 is 2.56 bits per heavy atom. The second-order valence-electron chi connectivity index (χ2n) is 7.11. The number of nitrogens with two attached hydrogens (primary N) is 2. The normalized spacial score (nSPS) is 20.7. The molecule has 1 aliphatic carbocycles. The number of hydrogen-bond donors (Lipinski definition) is 3. The van der Waals surface area contributed by atoms with Gasteiger partial charge in [-0.15, -0.1) is 0 Å².